The van der Waals surface area contributed by atoms with Gasteiger partial charge in [0.2, 0.25) is 5.91 Å². The Morgan fingerprint density at radius 2 is 2.35 bits per heavy atom. The van der Waals surface area contributed by atoms with Crippen LogP contribution in [0.5, 0.6) is 0 Å². The first-order chi connectivity index (χ1) is 9.59. The van der Waals surface area contributed by atoms with Gasteiger partial charge in [0.15, 0.2) is 0 Å². The predicted octanol–water partition coefficient (Wildman–Crippen LogP) is 1.32. The van der Waals surface area contributed by atoms with E-state index in [9.17, 15) is 4.79 Å². The molecular formula is C13H19N5OS. The van der Waals surface area contributed by atoms with E-state index in [1.54, 1.807) is 29.3 Å². The molecule has 1 amide bonds. The van der Waals surface area contributed by atoms with E-state index in [1.807, 2.05) is 19.5 Å². The molecule has 0 saturated heterocycles. The minimum atomic E-state index is -0.359. The molecule has 0 aliphatic heterocycles. The van der Waals surface area contributed by atoms with Crippen LogP contribution in [0, 0.1) is 0 Å². The Morgan fingerprint density at radius 1 is 1.55 bits per heavy atom. The lowest BCUT2D eigenvalue weighted by Crippen LogP contribution is -2.37. The summed E-state index contributed by atoms with van der Waals surface area (Å²) in [5.41, 5.74) is 1.22. The van der Waals surface area contributed by atoms with Gasteiger partial charge < -0.3 is 10.2 Å². The van der Waals surface area contributed by atoms with Gasteiger partial charge in [0.1, 0.15) is 18.7 Å². The Kier molecular flexibility index (Phi) is 4.86. The van der Waals surface area contributed by atoms with Crippen LogP contribution in [-0.2, 0) is 4.79 Å². The summed E-state index contributed by atoms with van der Waals surface area (Å²) in [6.45, 7) is 2.38. The highest BCUT2D eigenvalue weighted by atomic mass is 32.1. The Bertz CT molecular complexity index is 523. The van der Waals surface area contributed by atoms with Gasteiger partial charge in [-0.2, -0.15) is 16.4 Å². The van der Waals surface area contributed by atoms with Gasteiger partial charge in [-0.05, 0) is 43.4 Å². The Hall–Kier alpha value is -1.73. The van der Waals surface area contributed by atoms with E-state index in [0.29, 0.717) is 6.54 Å². The van der Waals surface area contributed by atoms with Gasteiger partial charge in [-0.3, -0.25) is 4.79 Å². The molecule has 0 unspecified atom stereocenters. The summed E-state index contributed by atoms with van der Waals surface area (Å²) >= 11 is 1.66. The lowest BCUT2D eigenvalue weighted by Gasteiger charge is -2.24. The monoisotopic (exact) mass is 293 g/mol. The minimum Gasteiger partial charge on any atom is -0.352 e. The fourth-order valence-corrected chi connectivity index (χ4v) is 2.65. The third-order valence-corrected chi connectivity index (χ3v) is 3.94. The summed E-state index contributed by atoms with van der Waals surface area (Å²) < 4.78 is 1.55. The van der Waals surface area contributed by atoms with E-state index in [2.05, 4.69) is 31.7 Å². The lowest BCUT2D eigenvalue weighted by molar-refractivity contribution is -0.124. The van der Waals surface area contributed by atoms with Crippen molar-refractivity contribution < 1.29 is 4.79 Å². The van der Waals surface area contributed by atoms with Gasteiger partial charge in [-0.15, -0.1) is 0 Å². The van der Waals surface area contributed by atoms with E-state index >= 15 is 0 Å². The van der Waals surface area contributed by atoms with E-state index in [1.165, 1.54) is 11.9 Å². The van der Waals surface area contributed by atoms with Crippen molar-refractivity contribution >= 4 is 17.2 Å². The molecule has 0 bridgehead atoms. The zero-order valence-electron chi connectivity index (χ0n) is 11.9. The summed E-state index contributed by atoms with van der Waals surface area (Å²) in [4.78, 5) is 18.1. The molecule has 0 spiro atoms. The lowest BCUT2D eigenvalue weighted by atomic mass is 10.1. The first-order valence-electron chi connectivity index (χ1n) is 6.40. The van der Waals surface area contributed by atoms with Gasteiger partial charge in [0, 0.05) is 6.54 Å². The summed E-state index contributed by atoms with van der Waals surface area (Å²) in [6, 6.07) is 1.90. The number of amides is 1. The van der Waals surface area contributed by atoms with Crippen LogP contribution in [0.2, 0.25) is 0 Å². The summed E-state index contributed by atoms with van der Waals surface area (Å²) in [5.74, 6) is -0.0578. The summed E-state index contributed by atoms with van der Waals surface area (Å²) in [7, 11) is 4.02. The molecule has 0 aliphatic rings. The molecule has 108 valence electrons. The summed E-state index contributed by atoms with van der Waals surface area (Å²) in [6.07, 6.45) is 2.98. The second kappa shape index (κ2) is 6.62. The molecule has 0 aliphatic carbocycles. The number of nitrogens with one attached hydrogen (secondary N) is 1. The van der Waals surface area contributed by atoms with E-state index in [-0.39, 0.29) is 18.0 Å². The molecule has 0 radical (unpaired) electrons. The zero-order chi connectivity index (χ0) is 14.5. The van der Waals surface area contributed by atoms with Crippen molar-refractivity contribution in [2.24, 2.45) is 0 Å². The number of likely N-dealkylation sites (N-methyl/N-ethyl adjacent to an activating group) is 1. The van der Waals surface area contributed by atoms with Crippen LogP contribution in [0.15, 0.2) is 29.5 Å². The van der Waals surface area contributed by atoms with Gasteiger partial charge in [0.05, 0.1) is 6.04 Å². The molecule has 1 N–H and O–H groups in total. The van der Waals surface area contributed by atoms with Gasteiger partial charge in [-0.25, -0.2) is 9.67 Å². The number of rotatable bonds is 6. The molecule has 7 heteroatoms. The highest BCUT2D eigenvalue weighted by Crippen LogP contribution is 2.20. The Morgan fingerprint density at radius 3 is 2.90 bits per heavy atom. The number of aromatic nitrogens is 3. The number of carbonyl (C=O) groups is 1. The molecule has 2 atom stereocenters. The second-order valence-electron chi connectivity index (χ2n) is 4.83. The van der Waals surface area contributed by atoms with Crippen molar-refractivity contribution in [1.82, 2.24) is 25.0 Å². The SMILES string of the molecule is C[C@H](C(=O)NC[C@@H](c1ccsc1)N(C)C)n1cncn1. The van der Waals surface area contributed by atoms with E-state index in [4.69, 9.17) is 0 Å². The van der Waals surface area contributed by atoms with Crippen LogP contribution < -0.4 is 5.32 Å². The molecule has 2 heterocycles. The average Bonchev–Trinajstić information content (AvgIpc) is 3.10. The average molecular weight is 293 g/mol. The van der Waals surface area contributed by atoms with Gasteiger partial charge >= 0.3 is 0 Å². The van der Waals surface area contributed by atoms with Crippen molar-refractivity contribution in [2.45, 2.75) is 19.0 Å². The zero-order valence-corrected chi connectivity index (χ0v) is 12.7. The number of hydrogen-bond acceptors (Lipinski definition) is 5. The molecular weight excluding hydrogens is 274 g/mol. The maximum Gasteiger partial charge on any atom is 0.244 e. The predicted molar refractivity (Wildman–Crippen MR) is 78.5 cm³/mol. The molecule has 6 nitrogen and oxygen atoms in total. The minimum absolute atomic E-state index is 0.0578. The standard InChI is InChI=1S/C13H19N5OS/c1-10(18-9-14-8-16-18)13(19)15-6-12(17(2)3)11-4-5-20-7-11/h4-5,7-10,12H,6H2,1-3H3,(H,15,19)/t10-,12+/m1/s1. The molecule has 2 aromatic heterocycles. The molecule has 0 aromatic carbocycles. The van der Waals surface area contributed by atoms with Crippen molar-refractivity contribution in [3.8, 4) is 0 Å². The number of carbonyl (C=O) groups excluding carboxylic acids is 1. The van der Waals surface area contributed by atoms with Crippen molar-refractivity contribution in [3.05, 3.63) is 35.0 Å². The highest BCUT2D eigenvalue weighted by molar-refractivity contribution is 7.07. The largest absolute Gasteiger partial charge is 0.352 e. The molecule has 2 aromatic rings. The van der Waals surface area contributed by atoms with Crippen LogP contribution in [0.1, 0.15) is 24.6 Å². The van der Waals surface area contributed by atoms with Crippen molar-refractivity contribution in [3.63, 3.8) is 0 Å². The maximum atomic E-state index is 12.1. The third kappa shape index (κ3) is 3.43. The number of nitrogens with zero attached hydrogens (tertiary/aromatic N) is 4. The normalized spacial score (nSPS) is 14.2. The second-order valence-corrected chi connectivity index (χ2v) is 5.61. The topological polar surface area (TPSA) is 63.1 Å². The van der Waals surface area contributed by atoms with Crippen LogP contribution in [0.4, 0.5) is 0 Å². The molecule has 0 saturated carbocycles. The molecule has 20 heavy (non-hydrogen) atoms. The van der Waals surface area contributed by atoms with Crippen LogP contribution in [0.25, 0.3) is 0 Å². The van der Waals surface area contributed by atoms with Crippen molar-refractivity contribution in [2.75, 3.05) is 20.6 Å². The van der Waals surface area contributed by atoms with Crippen LogP contribution in [-0.4, -0.2) is 46.2 Å². The first kappa shape index (κ1) is 14.7. The smallest absolute Gasteiger partial charge is 0.244 e. The third-order valence-electron chi connectivity index (χ3n) is 3.23. The summed E-state index contributed by atoms with van der Waals surface area (Å²) in [5, 5.41) is 11.1. The number of hydrogen-bond donors (Lipinski definition) is 1. The Labute approximate surface area is 122 Å². The fourth-order valence-electron chi connectivity index (χ4n) is 1.95. The maximum absolute atomic E-state index is 12.1. The molecule has 2 rings (SSSR count). The van der Waals surface area contributed by atoms with Crippen molar-refractivity contribution in [1.29, 1.82) is 0 Å². The first-order valence-corrected chi connectivity index (χ1v) is 7.34. The number of thiophene rings is 1. The quantitative estimate of drug-likeness (QED) is 0.872. The van der Waals surface area contributed by atoms with Gasteiger partial charge in [0.25, 0.3) is 0 Å². The van der Waals surface area contributed by atoms with Crippen LogP contribution >= 0.6 is 11.3 Å². The van der Waals surface area contributed by atoms with E-state index in [0.717, 1.165) is 0 Å². The Balaban J connectivity index is 1.94. The van der Waals surface area contributed by atoms with Crippen LogP contribution in [0.3, 0.4) is 0 Å². The molecule has 0 fully saturated rings. The van der Waals surface area contributed by atoms with Gasteiger partial charge in [-0.1, -0.05) is 0 Å². The highest BCUT2D eigenvalue weighted by Gasteiger charge is 2.19. The fraction of sp³-hybridized carbons (Fsp3) is 0.462. The van der Waals surface area contributed by atoms with E-state index < -0.39 is 0 Å².